The van der Waals surface area contributed by atoms with Crippen molar-refractivity contribution >= 4 is 5.97 Å². The normalized spacial score (nSPS) is 19.3. The summed E-state index contributed by atoms with van der Waals surface area (Å²) < 4.78 is 4.57. The second kappa shape index (κ2) is 3.66. The highest BCUT2D eigenvalue weighted by molar-refractivity contribution is 5.77. The van der Waals surface area contributed by atoms with Crippen molar-refractivity contribution in [3.8, 4) is 0 Å². The van der Waals surface area contributed by atoms with Gasteiger partial charge in [-0.2, -0.15) is 0 Å². The van der Waals surface area contributed by atoms with Gasteiger partial charge < -0.3 is 9.84 Å². The summed E-state index contributed by atoms with van der Waals surface area (Å²) in [7, 11) is 1.30. The van der Waals surface area contributed by atoms with Crippen LogP contribution >= 0.6 is 0 Å². The summed E-state index contributed by atoms with van der Waals surface area (Å²) in [5.74, 6) is -0.545. The van der Waals surface area contributed by atoms with Crippen LogP contribution in [0.15, 0.2) is 30.3 Å². The molecule has 0 saturated heterocycles. The number of hydrogen-bond donors (Lipinski definition) is 1. The Morgan fingerprint density at radius 2 is 2.00 bits per heavy atom. The number of aliphatic hydroxyl groups excluding tert-OH is 1. The van der Waals surface area contributed by atoms with Crippen molar-refractivity contribution in [1.29, 1.82) is 0 Å². The summed E-state index contributed by atoms with van der Waals surface area (Å²) in [6, 6.07) is 9.64. The summed E-state index contributed by atoms with van der Waals surface area (Å²) >= 11 is 0. The lowest BCUT2D eigenvalue weighted by Crippen LogP contribution is -2.34. The maximum Gasteiger partial charge on any atom is 0.335 e. The number of aliphatic hydroxyl groups is 1. The lowest BCUT2D eigenvalue weighted by Gasteiger charge is -2.20. The van der Waals surface area contributed by atoms with E-state index in [1.807, 2.05) is 30.3 Å². The van der Waals surface area contributed by atoms with Crippen LogP contribution in [0.1, 0.15) is 18.4 Å². The van der Waals surface area contributed by atoms with Crippen LogP contribution in [0, 0.1) is 0 Å². The summed E-state index contributed by atoms with van der Waals surface area (Å²) in [6.07, 6.45) is 0.644. The zero-order chi connectivity index (χ0) is 10.9. The molecule has 2 rings (SSSR count). The molecule has 3 nitrogen and oxygen atoms in total. The fourth-order valence-electron chi connectivity index (χ4n) is 1.96. The van der Waals surface area contributed by atoms with Crippen LogP contribution < -0.4 is 0 Å². The maximum atomic E-state index is 11.3. The smallest absolute Gasteiger partial charge is 0.335 e. The van der Waals surface area contributed by atoms with Gasteiger partial charge in [-0.1, -0.05) is 30.3 Å². The molecule has 1 aliphatic carbocycles. The molecule has 0 amide bonds. The fourth-order valence-corrected chi connectivity index (χ4v) is 1.96. The van der Waals surface area contributed by atoms with E-state index in [-0.39, 0.29) is 0 Å². The molecular formula is C12H14O3. The van der Waals surface area contributed by atoms with Crippen molar-refractivity contribution in [2.45, 2.75) is 24.4 Å². The Balaban J connectivity index is 2.25. The Morgan fingerprint density at radius 3 is 2.47 bits per heavy atom. The highest BCUT2D eigenvalue weighted by atomic mass is 16.5. The first kappa shape index (κ1) is 10.2. The summed E-state index contributed by atoms with van der Waals surface area (Å²) in [4.78, 5) is 11.3. The number of esters is 1. The second-order valence-corrected chi connectivity index (χ2v) is 3.95. The van der Waals surface area contributed by atoms with Gasteiger partial charge in [-0.15, -0.1) is 0 Å². The van der Waals surface area contributed by atoms with E-state index in [4.69, 9.17) is 0 Å². The van der Waals surface area contributed by atoms with Crippen molar-refractivity contribution in [2.24, 2.45) is 0 Å². The van der Waals surface area contributed by atoms with E-state index in [1.165, 1.54) is 7.11 Å². The molecule has 0 radical (unpaired) electrons. The van der Waals surface area contributed by atoms with Gasteiger partial charge in [-0.25, -0.2) is 4.79 Å². The highest BCUT2D eigenvalue weighted by Gasteiger charge is 2.53. The predicted molar refractivity (Wildman–Crippen MR) is 55.4 cm³/mol. The van der Waals surface area contributed by atoms with Crippen LogP contribution in [0.2, 0.25) is 0 Å². The Bertz CT molecular complexity index is 354. The number of benzene rings is 1. The number of carbonyl (C=O) groups excluding carboxylic acids is 1. The minimum absolute atomic E-state index is 0.394. The molecule has 1 aromatic rings. The number of methoxy groups -OCH3 is 1. The molecule has 80 valence electrons. The molecule has 1 saturated carbocycles. The SMILES string of the molecule is COC(=O)C(O)C1(c2ccccc2)CC1. The molecule has 0 aromatic heterocycles. The van der Waals surface area contributed by atoms with Crippen LogP contribution in [-0.2, 0) is 14.9 Å². The van der Waals surface area contributed by atoms with Crippen molar-refractivity contribution in [1.82, 2.24) is 0 Å². The van der Waals surface area contributed by atoms with Gasteiger partial charge in [0, 0.05) is 5.41 Å². The molecule has 15 heavy (non-hydrogen) atoms. The standard InChI is InChI=1S/C12H14O3/c1-15-11(14)10(13)12(7-8-12)9-5-3-2-4-6-9/h2-6,10,13H,7-8H2,1H3. The topological polar surface area (TPSA) is 46.5 Å². The second-order valence-electron chi connectivity index (χ2n) is 3.95. The van der Waals surface area contributed by atoms with Crippen molar-refractivity contribution < 1.29 is 14.6 Å². The lowest BCUT2D eigenvalue weighted by molar-refractivity contribution is -0.152. The molecule has 1 aliphatic rings. The molecule has 0 heterocycles. The van der Waals surface area contributed by atoms with E-state index < -0.39 is 17.5 Å². The maximum absolute atomic E-state index is 11.3. The first-order valence-electron chi connectivity index (χ1n) is 5.02. The zero-order valence-corrected chi connectivity index (χ0v) is 8.64. The molecule has 0 bridgehead atoms. The zero-order valence-electron chi connectivity index (χ0n) is 8.64. The molecule has 1 atom stereocenters. The third kappa shape index (κ3) is 1.63. The molecule has 1 unspecified atom stereocenters. The van der Waals surface area contributed by atoms with Gasteiger partial charge in [0.1, 0.15) is 0 Å². The van der Waals surface area contributed by atoms with Crippen LogP contribution in [0.4, 0.5) is 0 Å². The first-order chi connectivity index (χ1) is 7.20. The Kier molecular flexibility index (Phi) is 2.49. The van der Waals surface area contributed by atoms with Gasteiger partial charge in [-0.05, 0) is 18.4 Å². The molecule has 3 heteroatoms. The fraction of sp³-hybridized carbons (Fsp3) is 0.417. The summed E-state index contributed by atoms with van der Waals surface area (Å²) in [5, 5.41) is 9.89. The minimum Gasteiger partial charge on any atom is -0.467 e. The predicted octanol–water partition coefficient (Wildman–Crippen LogP) is 1.25. The molecule has 0 aliphatic heterocycles. The Hall–Kier alpha value is -1.35. The largest absolute Gasteiger partial charge is 0.467 e. The van der Waals surface area contributed by atoms with Crippen LogP contribution in [0.25, 0.3) is 0 Å². The quantitative estimate of drug-likeness (QED) is 0.757. The molecule has 1 N–H and O–H groups in total. The van der Waals surface area contributed by atoms with Gasteiger partial charge in [0.05, 0.1) is 7.11 Å². The van der Waals surface area contributed by atoms with E-state index in [1.54, 1.807) is 0 Å². The van der Waals surface area contributed by atoms with Gasteiger partial charge in [0.15, 0.2) is 6.10 Å². The van der Waals surface area contributed by atoms with E-state index in [9.17, 15) is 9.90 Å². The van der Waals surface area contributed by atoms with Gasteiger partial charge in [-0.3, -0.25) is 0 Å². The van der Waals surface area contributed by atoms with Gasteiger partial charge >= 0.3 is 5.97 Å². The highest BCUT2D eigenvalue weighted by Crippen LogP contribution is 2.51. The van der Waals surface area contributed by atoms with Gasteiger partial charge in [0.2, 0.25) is 0 Å². The summed E-state index contributed by atoms with van der Waals surface area (Å²) in [5.41, 5.74) is 0.622. The molecular weight excluding hydrogens is 192 g/mol. The van der Waals surface area contributed by atoms with Gasteiger partial charge in [0.25, 0.3) is 0 Å². The van der Waals surface area contributed by atoms with Crippen LogP contribution in [0.3, 0.4) is 0 Å². The Morgan fingerprint density at radius 1 is 1.40 bits per heavy atom. The number of rotatable bonds is 3. The monoisotopic (exact) mass is 206 g/mol. The Labute approximate surface area is 88.7 Å². The number of hydrogen-bond acceptors (Lipinski definition) is 3. The van der Waals surface area contributed by atoms with E-state index in [2.05, 4.69) is 4.74 Å². The van der Waals surface area contributed by atoms with E-state index in [0.29, 0.717) is 0 Å². The first-order valence-corrected chi connectivity index (χ1v) is 5.02. The molecule has 0 spiro atoms. The van der Waals surface area contributed by atoms with E-state index >= 15 is 0 Å². The molecule has 1 fully saturated rings. The number of carbonyl (C=O) groups is 1. The summed E-state index contributed by atoms with van der Waals surface area (Å²) in [6.45, 7) is 0. The van der Waals surface area contributed by atoms with E-state index in [0.717, 1.165) is 18.4 Å². The van der Waals surface area contributed by atoms with Crippen molar-refractivity contribution in [2.75, 3.05) is 7.11 Å². The average Bonchev–Trinajstić information content (AvgIpc) is 3.09. The van der Waals surface area contributed by atoms with Crippen LogP contribution in [-0.4, -0.2) is 24.3 Å². The molecule has 1 aromatic carbocycles. The third-order valence-corrected chi connectivity index (χ3v) is 3.09. The lowest BCUT2D eigenvalue weighted by atomic mass is 9.90. The average molecular weight is 206 g/mol. The van der Waals surface area contributed by atoms with Crippen molar-refractivity contribution in [3.05, 3.63) is 35.9 Å². The third-order valence-electron chi connectivity index (χ3n) is 3.09. The van der Waals surface area contributed by atoms with Crippen molar-refractivity contribution in [3.63, 3.8) is 0 Å². The number of ether oxygens (including phenoxy) is 1. The van der Waals surface area contributed by atoms with Crippen LogP contribution in [0.5, 0.6) is 0 Å². The minimum atomic E-state index is -1.04.